The number of fused-ring (bicyclic) bond motifs is 1. The Morgan fingerprint density at radius 1 is 1.16 bits per heavy atom. The monoisotopic (exact) mass is 436 g/mol. The van der Waals surface area contributed by atoms with E-state index in [0.29, 0.717) is 10.7 Å². The molecule has 2 heterocycles. The van der Waals surface area contributed by atoms with E-state index < -0.39 is 11.5 Å². The fraction of sp³-hybridized carbons (Fsp3) is 0.217. The van der Waals surface area contributed by atoms with Crippen molar-refractivity contribution in [2.45, 2.75) is 32.9 Å². The summed E-state index contributed by atoms with van der Waals surface area (Å²) < 4.78 is 0.991. The molecular formula is C23H21ClN4O3. The molecular weight excluding hydrogens is 416 g/mol. The van der Waals surface area contributed by atoms with E-state index in [1.807, 2.05) is 38.1 Å². The maximum absolute atomic E-state index is 13.2. The number of halogens is 1. The zero-order valence-electron chi connectivity index (χ0n) is 17.1. The van der Waals surface area contributed by atoms with Gasteiger partial charge in [0.2, 0.25) is 5.91 Å². The van der Waals surface area contributed by atoms with Gasteiger partial charge in [0.05, 0.1) is 0 Å². The van der Waals surface area contributed by atoms with Crippen LogP contribution >= 0.6 is 11.6 Å². The van der Waals surface area contributed by atoms with Crippen LogP contribution < -0.4 is 15.8 Å². The van der Waals surface area contributed by atoms with Crippen molar-refractivity contribution < 1.29 is 9.59 Å². The number of hydrogen-bond donors (Lipinski definition) is 1. The third-order valence-electron chi connectivity index (χ3n) is 5.26. The SMILES string of the molecule is Cc1ccc(NC(=O)Cn2nc(C(=O)N3c4ccccc4C[C@H]3C)ccc2=O)cc1Cl. The summed E-state index contributed by atoms with van der Waals surface area (Å²) in [5.41, 5.74) is 2.98. The average Bonchev–Trinajstić information content (AvgIpc) is 3.07. The molecule has 0 aliphatic carbocycles. The molecule has 0 unspecified atom stereocenters. The first-order valence-corrected chi connectivity index (χ1v) is 10.3. The van der Waals surface area contributed by atoms with Crippen molar-refractivity contribution in [1.29, 1.82) is 0 Å². The number of rotatable bonds is 4. The Bertz CT molecular complexity index is 1240. The van der Waals surface area contributed by atoms with Gasteiger partial charge in [0.15, 0.2) is 0 Å². The van der Waals surface area contributed by atoms with Crippen LogP contribution in [0.25, 0.3) is 0 Å². The third-order valence-corrected chi connectivity index (χ3v) is 5.67. The summed E-state index contributed by atoms with van der Waals surface area (Å²) in [5, 5.41) is 7.38. The quantitative estimate of drug-likeness (QED) is 0.679. The van der Waals surface area contributed by atoms with Gasteiger partial charge in [0.1, 0.15) is 12.2 Å². The van der Waals surface area contributed by atoms with E-state index in [4.69, 9.17) is 11.6 Å². The van der Waals surface area contributed by atoms with Crippen molar-refractivity contribution in [2.24, 2.45) is 0 Å². The molecule has 8 heteroatoms. The van der Waals surface area contributed by atoms with Gasteiger partial charge < -0.3 is 10.2 Å². The number of aryl methyl sites for hydroxylation is 1. The van der Waals surface area contributed by atoms with Gasteiger partial charge in [-0.25, -0.2) is 4.68 Å². The highest BCUT2D eigenvalue weighted by molar-refractivity contribution is 6.31. The summed E-state index contributed by atoms with van der Waals surface area (Å²) in [6, 6.07) is 15.5. The molecule has 4 rings (SSSR count). The second kappa shape index (κ2) is 8.35. The van der Waals surface area contributed by atoms with Crippen molar-refractivity contribution in [1.82, 2.24) is 9.78 Å². The van der Waals surface area contributed by atoms with Crippen LogP contribution in [0.2, 0.25) is 5.02 Å². The predicted molar refractivity (Wildman–Crippen MR) is 120 cm³/mol. The van der Waals surface area contributed by atoms with Gasteiger partial charge in [0, 0.05) is 28.5 Å². The highest BCUT2D eigenvalue weighted by Crippen LogP contribution is 2.32. The molecule has 0 saturated carbocycles. The first-order chi connectivity index (χ1) is 14.8. The van der Waals surface area contributed by atoms with E-state index in [2.05, 4.69) is 10.4 Å². The van der Waals surface area contributed by atoms with Crippen LogP contribution in [0, 0.1) is 6.92 Å². The Labute approximate surface area is 184 Å². The van der Waals surface area contributed by atoms with Crippen LogP contribution in [-0.2, 0) is 17.8 Å². The molecule has 0 fully saturated rings. The Hall–Kier alpha value is -3.45. The zero-order chi connectivity index (χ0) is 22.1. The highest BCUT2D eigenvalue weighted by Gasteiger charge is 2.32. The summed E-state index contributed by atoms with van der Waals surface area (Å²) in [5.74, 6) is -0.754. The lowest BCUT2D eigenvalue weighted by Crippen LogP contribution is -2.38. The van der Waals surface area contributed by atoms with Crippen molar-refractivity contribution in [3.8, 4) is 0 Å². The summed E-state index contributed by atoms with van der Waals surface area (Å²) in [4.78, 5) is 39.5. The predicted octanol–water partition coefficient (Wildman–Crippen LogP) is 3.44. The topological polar surface area (TPSA) is 84.3 Å². The van der Waals surface area contributed by atoms with E-state index in [1.165, 1.54) is 12.1 Å². The minimum absolute atomic E-state index is 0.0262. The number of benzene rings is 2. The van der Waals surface area contributed by atoms with Gasteiger partial charge in [-0.15, -0.1) is 0 Å². The Kier molecular flexibility index (Phi) is 5.61. The van der Waals surface area contributed by atoms with E-state index in [9.17, 15) is 14.4 Å². The highest BCUT2D eigenvalue weighted by atomic mass is 35.5. The maximum Gasteiger partial charge on any atom is 0.278 e. The van der Waals surface area contributed by atoms with Crippen molar-refractivity contribution >= 4 is 34.8 Å². The van der Waals surface area contributed by atoms with Gasteiger partial charge in [-0.05, 0) is 55.7 Å². The molecule has 2 aromatic carbocycles. The molecule has 1 aromatic heterocycles. The summed E-state index contributed by atoms with van der Waals surface area (Å²) in [6.07, 6.45) is 0.753. The van der Waals surface area contributed by atoms with Crippen LogP contribution in [0.1, 0.15) is 28.5 Å². The molecule has 7 nitrogen and oxygen atoms in total. The van der Waals surface area contributed by atoms with Crippen molar-refractivity contribution in [3.63, 3.8) is 0 Å². The van der Waals surface area contributed by atoms with Crippen LogP contribution in [0.5, 0.6) is 0 Å². The fourth-order valence-corrected chi connectivity index (χ4v) is 3.86. The zero-order valence-corrected chi connectivity index (χ0v) is 17.9. The normalized spacial score (nSPS) is 14.9. The van der Waals surface area contributed by atoms with E-state index in [-0.39, 0.29) is 24.2 Å². The van der Waals surface area contributed by atoms with Crippen LogP contribution in [-0.4, -0.2) is 27.6 Å². The van der Waals surface area contributed by atoms with Gasteiger partial charge in [-0.2, -0.15) is 5.10 Å². The lowest BCUT2D eigenvalue weighted by molar-refractivity contribution is -0.117. The second-order valence-electron chi connectivity index (χ2n) is 7.58. The van der Waals surface area contributed by atoms with E-state index in [1.54, 1.807) is 23.1 Å². The van der Waals surface area contributed by atoms with Gasteiger partial charge in [-0.3, -0.25) is 14.4 Å². The molecule has 1 atom stereocenters. The summed E-state index contributed by atoms with van der Waals surface area (Å²) >= 11 is 6.09. The summed E-state index contributed by atoms with van der Waals surface area (Å²) in [7, 11) is 0. The number of hydrogen-bond acceptors (Lipinski definition) is 4. The number of anilines is 2. The van der Waals surface area contributed by atoms with Crippen LogP contribution in [0.15, 0.2) is 59.4 Å². The number of nitrogens with one attached hydrogen (secondary N) is 1. The fourth-order valence-electron chi connectivity index (χ4n) is 3.68. The van der Waals surface area contributed by atoms with Crippen LogP contribution in [0.3, 0.4) is 0 Å². The molecule has 0 spiro atoms. The number of carbonyl (C=O) groups is 2. The average molecular weight is 437 g/mol. The first kappa shape index (κ1) is 20.8. The molecule has 1 aliphatic heterocycles. The number of carbonyl (C=O) groups excluding carboxylic acids is 2. The lowest BCUT2D eigenvalue weighted by atomic mass is 10.1. The van der Waals surface area contributed by atoms with E-state index >= 15 is 0 Å². The molecule has 1 aliphatic rings. The van der Waals surface area contributed by atoms with E-state index in [0.717, 1.165) is 27.9 Å². The Morgan fingerprint density at radius 3 is 2.71 bits per heavy atom. The number of para-hydroxylation sites is 1. The van der Waals surface area contributed by atoms with Gasteiger partial charge in [-0.1, -0.05) is 35.9 Å². The third kappa shape index (κ3) is 4.22. The van der Waals surface area contributed by atoms with Crippen molar-refractivity contribution in [2.75, 3.05) is 10.2 Å². The van der Waals surface area contributed by atoms with Crippen LogP contribution in [0.4, 0.5) is 11.4 Å². The molecule has 1 N–H and O–H groups in total. The molecule has 158 valence electrons. The Morgan fingerprint density at radius 2 is 1.94 bits per heavy atom. The molecule has 0 radical (unpaired) electrons. The number of nitrogens with zero attached hydrogens (tertiary/aromatic N) is 3. The molecule has 0 saturated heterocycles. The number of aromatic nitrogens is 2. The lowest BCUT2D eigenvalue weighted by Gasteiger charge is -2.22. The van der Waals surface area contributed by atoms with Gasteiger partial charge in [0.25, 0.3) is 11.5 Å². The van der Waals surface area contributed by atoms with Gasteiger partial charge >= 0.3 is 0 Å². The second-order valence-corrected chi connectivity index (χ2v) is 7.99. The summed E-state index contributed by atoms with van der Waals surface area (Å²) in [6.45, 7) is 3.51. The standard InChI is InChI=1S/C23H21ClN4O3/c1-14-7-8-17(12-18(14)24)25-21(29)13-27-22(30)10-9-19(26-27)23(31)28-15(2)11-16-5-3-4-6-20(16)28/h3-10,12,15H,11,13H2,1-2H3,(H,25,29)/t15-/m1/s1. The minimum Gasteiger partial charge on any atom is -0.324 e. The molecule has 31 heavy (non-hydrogen) atoms. The first-order valence-electron chi connectivity index (χ1n) is 9.89. The maximum atomic E-state index is 13.2. The van der Waals surface area contributed by atoms with Crippen molar-refractivity contribution in [3.05, 3.63) is 86.8 Å². The smallest absolute Gasteiger partial charge is 0.278 e. The number of amides is 2. The minimum atomic E-state index is -0.469. The molecule has 0 bridgehead atoms. The molecule has 3 aromatic rings. The Balaban J connectivity index is 1.54. The largest absolute Gasteiger partial charge is 0.324 e. The molecule has 2 amide bonds.